The summed E-state index contributed by atoms with van der Waals surface area (Å²) in [6.07, 6.45) is 0.655. The molecular formula is C16H15Cl2NO2. The van der Waals surface area contributed by atoms with E-state index in [4.69, 9.17) is 23.2 Å². The fourth-order valence-electron chi connectivity index (χ4n) is 1.96. The Balaban J connectivity index is 2.04. The Morgan fingerprint density at radius 2 is 1.90 bits per heavy atom. The van der Waals surface area contributed by atoms with Gasteiger partial charge in [-0.2, -0.15) is 0 Å². The molecule has 0 radical (unpaired) electrons. The number of amides is 1. The van der Waals surface area contributed by atoms with Gasteiger partial charge in [0.25, 0.3) is 5.91 Å². The maximum atomic E-state index is 12.2. The highest BCUT2D eigenvalue weighted by Gasteiger charge is 2.14. The van der Waals surface area contributed by atoms with E-state index in [1.807, 2.05) is 30.3 Å². The van der Waals surface area contributed by atoms with Gasteiger partial charge in [0.2, 0.25) is 0 Å². The molecule has 0 heterocycles. The number of carbonyl (C=O) groups excluding carboxylic acids is 1. The first-order valence-electron chi connectivity index (χ1n) is 6.49. The lowest BCUT2D eigenvalue weighted by molar-refractivity contribution is 0.0940. The van der Waals surface area contributed by atoms with Gasteiger partial charge in [-0.25, -0.2) is 0 Å². The monoisotopic (exact) mass is 323 g/mol. The number of halogens is 2. The molecular weight excluding hydrogens is 309 g/mol. The average molecular weight is 324 g/mol. The molecule has 2 aromatic rings. The van der Waals surface area contributed by atoms with Crippen molar-refractivity contribution in [1.29, 1.82) is 0 Å². The molecule has 0 aliphatic carbocycles. The zero-order chi connectivity index (χ0) is 15.2. The minimum Gasteiger partial charge on any atom is -0.506 e. The summed E-state index contributed by atoms with van der Waals surface area (Å²) < 4.78 is 0. The van der Waals surface area contributed by atoms with Crippen LogP contribution in [0.1, 0.15) is 15.9 Å². The Morgan fingerprint density at radius 1 is 1.19 bits per heavy atom. The van der Waals surface area contributed by atoms with Crippen molar-refractivity contribution in [2.24, 2.45) is 0 Å². The third kappa shape index (κ3) is 4.38. The molecule has 0 saturated carbocycles. The molecule has 2 aromatic carbocycles. The Kier molecular flexibility index (Phi) is 5.48. The van der Waals surface area contributed by atoms with Crippen molar-refractivity contribution in [3.05, 3.63) is 64.7 Å². The van der Waals surface area contributed by atoms with Gasteiger partial charge in [-0.05, 0) is 30.2 Å². The summed E-state index contributed by atoms with van der Waals surface area (Å²) in [5.74, 6) is -0.00297. The van der Waals surface area contributed by atoms with Crippen LogP contribution in [0.2, 0.25) is 5.02 Å². The minimum atomic E-state index is -0.265. The number of hydrogen-bond acceptors (Lipinski definition) is 2. The smallest absolute Gasteiger partial charge is 0.251 e. The standard InChI is InChI=1S/C16H15Cl2NO2/c17-10-13(8-11-4-2-1-3-5-11)19-16(21)12-6-7-15(20)14(18)9-12/h1-7,9,13,20H,8,10H2,(H,19,21). The molecule has 3 nitrogen and oxygen atoms in total. The molecule has 0 spiro atoms. The first kappa shape index (κ1) is 15.7. The Morgan fingerprint density at radius 3 is 2.52 bits per heavy atom. The number of nitrogens with one attached hydrogen (secondary N) is 1. The van der Waals surface area contributed by atoms with Gasteiger partial charge in [-0.3, -0.25) is 4.79 Å². The first-order chi connectivity index (χ1) is 10.1. The summed E-state index contributed by atoms with van der Waals surface area (Å²) in [5.41, 5.74) is 1.49. The Labute approximate surface area is 133 Å². The molecule has 5 heteroatoms. The molecule has 21 heavy (non-hydrogen) atoms. The number of phenols is 1. The highest BCUT2D eigenvalue weighted by molar-refractivity contribution is 6.32. The molecule has 0 aliphatic heterocycles. The van der Waals surface area contributed by atoms with Crippen LogP contribution in [0.25, 0.3) is 0 Å². The molecule has 2 N–H and O–H groups in total. The van der Waals surface area contributed by atoms with Crippen molar-refractivity contribution in [2.75, 3.05) is 5.88 Å². The lowest BCUT2D eigenvalue weighted by atomic mass is 10.1. The number of benzene rings is 2. The fraction of sp³-hybridized carbons (Fsp3) is 0.188. The van der Waals surface area contributed by atoms with Crippen LogP contribution in [-0.4, -0.2) is 22.9 Å². The zero-order valence-electron chi connectivity index (χ0n) is 11.2. The van der Waals surface area contributed by atoms with Crippen molar-refractivity contribution < 1.29 is 9.90 Å². The van der Waals surface area contributed by atoms with Crippen molar-refractivity contribution >= 4 is 29.1 Å². The van der Waals surface area contributed by atoms with Gasteiger partial charge in [0.05, 0.1) is 5.02 Å². The average Bonchev–Trinajstić information content (AvgIpc) is 2.50. The van der Waals surface area contributed by atoms with Gasteiger partial charge in [-0.15, -0.1) is 11.6 Å². The van der Waals surface area contributed by atoms with Crippen molar-refractivity contribution in [3.8, 4) is 5.75 Å². The van der Waals surface area contributed by atoms with Crippen LogP contribution in [0.4, 0.5) is 0 Å². The molecule has 110 valence electrons. The van der Waals surface area contributed by atoms with Crippen LogP contribution in [0.15, 0.2) is 48.5 Å². The summed E-state index contributed by atoms with van der Waals surface area (Å²) in [6.45, 7) is 0. The normalized spacial score (nSPS) is 11.9. The lowest BCUT2D eigenvalue weighted by Gasteiger charge is -2.16. The van der Waals surface area contributed by atoms with Crippen LogP contribution in [-0.2, 0) is 6.42 Å². The lowest BCUT2D eigenvalue weighted by Crippen LogP contribution is -2.37. The third-order valence-corrected chi connectivity index (χ3v) is 3.73. The van der Waals surface area contributed by atoms with E-state index in [0.717, 1.165) is 5.56 Å². The number of aromatic hydroxyl groups is 1. The predicted octanol–water partition coefficient (Wildman–Crippen LogP) is 3.63. The zero-order valence-corrected chi connectivity index (χ0v) is 12.7. The van der Waals surface area contributed by atoms with Gasteiger partial charge >= 0.3 is 0 Å². The molecule has 0 aromatic heterocycles. The van der Waals surface area contributed by atoms with Crippen molar-refractivity contribution in [1.82, 2.24) is 5.32 Å². The SMILES string of the molecule is O=C(NC(CCl)Cc1ccccc1)c1ccc(O)c(Cl)c1. The summed E-state index contributed by atoms with van der Waals surface area (Å²) in [7, 11) is 0. The van der Waals surface area contributed by atoms with E-state index in [1.54, 1.807) is 0 Å². The van der Waals surface area contributed by atoms with Gasteiger partial charge in [0, 0.05) is 17.5 Å². The van der Waals surface area contributed by atoms with E-state index in [1.165, 1.54) is 18.2 Å². The van der Waals surface area contributed by atoms with Crippen LogP contribution in [0.5, 0.6) is 5.75 Å². The van der Waals surface area contributed by atoms with E-state index in [2.05, 4.69) is 5.32 Å². The second-order valence-electron chi connectivity index (χ2n) is 4.68. The summed E-state index contributed by atoms with van der Waals surface area (Å²) in [6, 6.07) is 14.0. The van der Waals surface area contributed by atoms with E-state index >= 15 is 0 Å². The molecule has 0 saturated heterocycles. The van der Waals surface area contributed by atoms with Gasteiger partial charge in [-0.1, -0.05) is 41.9 Å². The molecule has 2 rings (SSSR count). The molecule has 0 bridgehead atoms. The quantitative estimate of drug-likeness (QED) is 0.825. The first-order valence-corrected chi connectivity index (χ1v) is 7.40. The van der Waals surface area contributed by atoms with Gasteiger partial charge < -0.3 is 10.4 Å². The number of carbonyl (C=O) groups is 1. The van der Waals surface area contributed by atoms with E-state index in [-0.39, 0.29) is 22.7 Å². The largest absolute Gasteiger partial charge is 0.506 e. The fourth-order valence-corrected chi connectivity index (χ4v) is 2.33. The Bertz CT molecular complexity index is 617. The number of hydrogen-bond donors (Lipinski definition) is 2. The molecule has 0 fully saturated rings. The second-order valence-corrected chi connectivity index (χ2v) is 5.40. The predicted molar refractivity (Wildman–Crippen MR) is 85.2 cm³/mol. The maximum Gasteiger partial charge on any atom is 0.251 e. The molecule has 1 unspecified atom stereocenters. The highest BCUT2D eigenvalue weighted by Crippen LogP contribution is 2.23. The van der Waals surface area contributed by atoms with Gasteiger partial charge in [0.15, 0.2) is 0 Å². The highest BCUT2D eigenvalue weighted by atomic mass is 35.5. The van der Waals surface area contributed by atoms with Crippen molar-refractivity contribution in [3.63, 3.8) is 0 Å². The Hall–Kier alpha value is -1.71. The van der Waals surface area contributed by atoms with Crippen LogP contribution >= 0.6 is 23.2 Å². The summed E-state index contributed by atoms with van der Waals surface area (Å²) >= 11 is 11.7. The van der Waals surface area contributed by atoms with Crippen LogP contribution < -0.4 is 5.32 Å². The second kappa shape index (κ2) is 7.34. The molecule has 1 amide bonds. The number of phenolic OH excluding ortho intramolecular Hbond substituents is 1. The molecule has 0 aliphatic rings. The number of rotatable bonds is 5. The van der Waals surface area contributed by atoms with E-state index in [0.29, 0.717) is 17.9 Å². The van der Waals surface area contributed by atoms with Crippen LogP contribution in [0.3, 0.4) is 0 Å². The third-order valence-electron chi connectivity index (χ3n) is 3.06. The topological polar surface area (TPSA) is 49.3 Å². The molecule has 1 atom stereocenters. The van der Waals surface area contributed by atoms with Crippen LogP contribution in [0, 0.1) is 0 Å². The minimum absolute atomic E-state index is 0.0496. The summed E-state index contributed by atoms with van der Waals surface area (Å²) in [4.78, 5) is 12.2. The van der Waals surface area contributed by atoms with E-state index in [9.17, 15) is 9.90 Å². The van der Waals surface area contributed by atoms with Gasteiger partial charge in [0.1, 0.15) is 5.75 Å². The van der Waals surface area contributed by atoms with E-state index < -0.39 is 0 Å². The van der Waals surface area contributed by atoms with Crippen molar-refractivity contribution in [2.45, 2.75) is 12.5 Å². The maximum absolute atomic E-state index is 12.2. The summed E-state index contributed by atoms with van der Waals surface area (Å²) in [5, 5.41) is 12.4. The number of alkyl halides is 1.